The smallest absolute Gasteiger partial charge is 0.323 e. The molecule has 7 heteroatoms. The third-order valence-corrected chi connectivity index (χ3v) is 5.06. The number of carbonyl (C=O) groups excluding carboxylic acids is 3. The van der Waals surface area contributed by atoms with Crippen LogP contribution in [0.5, 0.6) is 0 Å². The lowest BCUT2D eigenvalue weighted by atomic mass is 9.92. The molecule has 1 aromatic heterocycles. The molecule has 0 saturated carbocycles. The molecule has 4 rings (SSSR count). The van der Waals surface area contributed by atoms with Gasteiger partial charge in [0, 0.05) is 11.1 Å². The number of anilines is 1. The van der Waals surface area contributed by atoms with Gasteiger partial charge in [0.1, 0.15) is 12.1 Å². The maximum atomic E-state index is 12.9. The molecule has 2 N–H and O–H groups in total. The Morgan fingerprint density at radius 1 is 1.07 bits per heavy atom. The Kier molecular flexibility index (Phi) is 4.50. The number of aromatic nitrogens is 1. The third kappa shape index (κ3) is 3.31. The van der Waals surface area contributed by atoms with Crippen molar-refractivity contribution in [3.63, 3.8) is 0 Å². The summed E-state index contributed by atoms with van der Waals surface area (Å²) < 4.78 is 0. The van der Waals surface area contributed by atoms with Gasteiger partial charge < -0.3 is 10.6 Å². The summed E-state index contributed by atoms with van der Waals surface area (Å²) in [5, 5.41) is 6.36. The number of hydrogen-bond acceptors (Lipinski definition) is 4. The van der Waals surface area contributed by atoms with Gasteiger partial charge in [-0.1, -0.05) is 48.5 Å². The highest BCUT2D eigenvalue weighted by molar-refractivity contribution is 6.11. The Morgan fingerprint density at radius 3 is 2.59 bits per heavy atom. The summed E-state index contributed by atoms with van der Waals surface area (Å²) in [7, 11) is 0. The lowest BCUT2D eigenvalue weighted by molar-refractivity contribution is -0.133. The van der Waals surface area contributed by atoms with E-state index in [1.807, 2.05) is 37.3 Å². The molecular weight excluding hydrogens is 368 g/mol. The van der Waals surface area contributed by atoms with Crippen LogP contribution in [-0.4, -0.2) is 34.3 Å². The summed E-state index contributed by atoms with van der Waals surface area (Å²) >= 11 is 0. The van der Waals surface area contributed by atoms with Crippen LogP contribution in [0.15, 0.2) is 60.7 Å². The first-order valence-electron chi connectivity index (χ1n) is 9.24. The summed E-state index contributed by atoms with van der Waals surface area (Å²) in [6.07, 6.45) is 0. The summed E-state index contributed by atoms with van der Waals surface area (Å²) in [5.74, 6) is -0.933. The Bertz CT molecular complexity index is 1130. The Labute approximate surface area is 167 Å². The van der Waals surface area contributed by atoms with Gasteiger partial charge in [-0.25, -0.2) is 4.79 Å². The quantitative estimate of drug-likeness (QED) is 0.672. The predicted octanol–water partition coefficient (Wildman–Crippen LogP) is 2.95. The number of hydrogen-bond donors (Lipinski definition) is 2. The maximum absolute atomic E-state index is 12.9. The second kappa shape index (κ2) is 7.01. The van der Waals surface area contributed by atoms with E-state index >= 15 is 0 Å². The summed E-state index contributed by atoms with van der Waals surface area (Å²) in [4.78, 5) is 43.4. The van der Waals surface area contributed by atoms with E-state index in [-0.39, 0.29) is 6.54 Å². The van der Waals surface area contributed by atoms with Crippen molar-refractivity contribution in [3.8, 4) is 0 Å². The van der Waals surface area contributed by atoms with Gasteiger partial charge in [-0.2, -0.15) is 0 Å². The van der Waals surface area contributed by atoms with E-state index < -0.39 is 23.4 Å². The first-order valence-corrected chi connectivity index (χ1v) is 9.24. The van der Waals surface area contributed by atoms with Crippen molar-refractivity contribution in [2.45, 2.75) is 19.4 Å². The first-order chi connectivity index (χ1) is 13.9. The molecule has 1 atom stereocenters. The minimum Gasteiger partial charge on any atom is -0.323 e. The minimum absolute atomic E-state index is 0.380. The van der Waals surface area contributed by atoms with Gasteiger partial charge in [0.25, 0.3) is 5.91 Å². The number of fused-ring (bicyclic) bond motifs is 1. The Balaban J connectivity index is 1.54. The van der Waals surface area contributed by atoms with Crippen molar-refractivity contribution in [2.24, 2.45) is 0 Å². The highest BCUT2D eigenvalue weighted by Crippen LogP contribution is 2.28. The molecule has 0 radical (unpaired) electrons. The number of imide groups is 1. The van der Waals surface area contributed by atoms with E-state index in [9.17, 15) is 14.4 Å². The zero-order valence-electron chi connectivity index (χ0n) is 16.1. The molecule has 1 fully saturated rings. The molecule has 0 spiro atoms. The number of urea groups is 1. The number of nitrogens with one attached hydrogen (secondary N) is 2. The van der Waals surface area contributed by atoms with Gasteiger partial charge in [-0.3, -0.25) is 19.5 Å². The van der Waals surface area contributed by atoms with Gasteiger partial charge in [0.15, 0.2) is 0 Å². The van der Waals surface area contributed by atoms with Gasteiger partial charge in [0.05, 0.1) is 11.2 Å². The van der Waals surface area contributed by atoms with Crippen LogP contribution >= 0.6 is 0 Å². The zero-order valence-corrected chi connectivity index (χ0v) is 16.1. The number of nitrogens with zero attached hydrogens (tertiary/aromatic N) is 2. The molecule has 1 aliphatic rings. The average molecular weight is 388 g/mol. The van der Waals surface area contributed by atoms with Crippen molar-refractivity contribution in [3.05, 3.63) is 71.9 Å². The van der Waals surface area contributed by atoms with E-state index in [2.05, 4.69) is 15.6 Å². The van der Waals surface area contributed by atoms with E-state index in [0.29, 0.717) is 16.8 Å². The monoisotopic (exact) mass is 388 g/mol. The molecule has 0 aliphatic carbocycles. The maximum Gasteiger partial charge on any atom is 0.325 e. The van der Waals surface area contributed by atoms with Crippen molar-refractivity contribution in [1.29, 1.82) is 0 Å². The van der Waals surface area contributed by atoms with Crippen LogP contribution in [0.1, 0.15) is 18.2 Å². The molecule has 146 valence electrons. The van der Waals surface area contributed by atoms with E-state index in [0.717, 1.165) is 16.0 Å². The fourth-order valence-electron chi connectivity index (χ4n) is 3.49. The Hall–Kier alpha value is -3.74. The number of carbonyl (C=O) groups is 3. The van der Waals surface area contributed by atoms with Crippen LogP contribution in [0, 0.1) is 6.92 Å². The number of amides is 4. The first kappa shape index (κ1) is 18.6. The van der Waals surface area contributed by atoms with Crippen LogP contribution in [-0.2, 0) is 15.1 Å². The highest BCUT2D eigenvalue weighted by atomic mass is 16.2. The molecule has 3 aromatic rings. The van der Waals surface area contributed by atoms with Gasteiger partial charge in [-0.05, 0) is 31.5 Å². The van der Waals surface area contributed by atoms with Crippen molar-refractivity contribution in [1.82, 2.24) is 15.2 Å². The molecule has 7 nitrogen and oxygen atoms in total. The number of benzene rings is 2. The lowest BCUT2D eigenvalue weighted by Gasteiger charge is -2.22. The number of rotatable bonds is 4. The summed E-state index contributed by atoms with van der Waals surface area (Å²) in [6.45, 7) is 3.13. The van der Waals surface area contributed by atoms with Gasteiger partial charge >= 0.3 is 6.03 Å². The molecule has 1 unspecified atom stereocenters. The van der Waals surface area contributed by atoms with E-state index in [1.54, 1.807) is 37.3 Å². The topological polar surface area (TPSA) is 91.4 Å². The number of aryl methyl sites for hydroxylation is 1. The standard InChI is InChI=1S/C22H20N4O3/c1-14-11-12-15-7-6-10-17(19(15)23-14)24-18(27)13-26-20(28)22(2,25-21(26)29)16-8-4-3-5-9-16/h3-12H,13H2,1-2H3,(H,24,27)(H,25,29). The van der Waals surface area contributed by atoms with Crippen LogP contribution < -0.4 is 10.6 Å². The number of para-hydroxylation sites is 1. The number of pyridine rings is 1. The highest BCUT2D eigenvalue weighted by Gasteiger charge is 2.49. The molecule has 29 heavy (non-hydrogen) atoms. The fourth-order valence-corrected chi connectivity index (χ4v) is 3.49. The lowest BCUT2D eigenvalue weighted by Crippen LogP contribution is -2.42. The van der Waals surface area contributed by atoms with Crippen molar-refractivity contribution in [2.75, 3.05) is 11.9 Å². The van der Waals surface area contributed by atoms with Gasteiger partial charge in [0.2, 0.25) is 5.91 Å². The Morgan fingerprint density at radius 2 is 1.83 bits per heavy atom. The average Bonchev–Trinajstić information content (AvgIpc) is 2.93. The predicted molar refractivity (Wildman–Crippen MR) is 109 cm³/mol. The molecule has 4 amide bonds. The summed E-state index contributed by atoms with van der Waals surface area (Å²) in [6, 6.07) is 17.7. The second-order valence-corrected chi connectivity index (χ2v) is 7.19. The minimum atomic E-state index is -1.20. The molecule has 2 aromatic carbocycles. The SMILES string of the molecule is Cc1ccc2cccc(NC(=O)CN3C(=O)NC(C)(c4ccccc4)C3=O)c2n1. The zero-order chi connectivity index (χ0) is 20.6. The molecule has 1 aliphatic heterocycles. The van der Waals surface area contributed by atoms with Crippen LogP contribution in [0.2, 0.25) is 0 Å². The van der Waals surface area contributed by atoms with Crippen molar-refractivity contribution < 1.29 is 14.4 Å². The fraction of sp³-hybridized carbons (Fsp3) is 0.182. The molecule has 2 heterocycles. The third-order valence-electron chi connectivity index (χ3n) is 5.06. The molecule has 0 bridgehead atoms. The molecule has 1 saturated heterocycles. The second-order valence-electron chi connectivity index (χ2n) is 7.19. The van der Waals surface area contributed by atoms with Crippen LogP contribution in [0.3, 0.4) is 0 Å². The summed E-state index contributed by atoms with van der Waals surface area (Å²) in [5.41, 5.74) is 1.49. The molecular formula is C22H20N4O3. The largest absolute Gasteiger partial charge is 0.325 e. The van der Waals surface area contributed by atoms with Crippen molar-refractivity contribution >= 4 is 34.4 Å². The van der Waals surface area contributed by atoms with Gasteiger partial charge in [-0.15, -0.1) is 0 Å². The normalized spacial score (nSPS) is 18.8. The van der Waals surface area contributed by atoms with Crippen LogP contribution in [0.25, 0.3) is 10.9 Å². The van der Waals surface area contributed by atoms with E-state index in [1.165, 1.54) is 0 Å². The van der Waals surface area contributed by atoms with Crippen LogP contribution in [0.4, 0.5) is 10.5 Å². The van der Waals surface area contributed by atoms with E-state index in [4.69, 9.17) is 0 Å².